The normalized spacial score (nSPS) is 19.0. The maximum absolute atomic E-state index is 6.07. The minimum atomic E-state index is 0.218. The Morgan fingerprint density at radius 1 is 1.00 bits per heavy atom. The van der Waals surface area contributed by atoms with Gasteiger partial charge in [0.2, 0.25) is 0 Å². The summed E-state index contributed by atoms with van der Waals surface area (Å²) in [6.45, 7) is 7.14. The van der Waals surface area contributed by atoms with E-state index in [0.717, 1.165) is 5.75 Å². The molecule has 1 heterocycles. The molecule has 118 valence electrons. The van der Waals surface area contributed by atoms with Gasteiger partial charge in [-0.05, 0) is 57.5 Å². The lowest BCUT2D eigenvalue weighted by molar-refractivity contribution is 0.183. The summed E-state index contributed by atoms with van der Waals surface area (Å²) in [5, 5.41) is 0. The van der Waals surface area contributed by atoms with Crippen molar-refractivity contribution in [3.63, 3.8) is 0 Å². The van der Waals surface area contributed by atoms with Gasteiger partial charge in [0.1, 0.15) is 5.75 Å². The average Bonchev–Trinajstić information content (AvgIpc) is 2.42. The van der Waals surface area contributed by atoms with Gasteiger partial charge in [-0.3, -0.25) is 4.90 Å². The van der Waals surface area contributed by atoms with Crippen molar-refractivity contribution in [2.45, 2.75) is 58.1 Å². The van der Waals surface area contributed by atoms with Crippen LogP contribution >= 0.6 is 0 Å². The van der Waals surface area contributed by atoms with E-state index in [1.165, 1.54) is 50.8 Å². The van der Waals surface area contributed by atoms with Crippen LogP contribution in [0.25, 0.3) is 0 Å². The molecule has 0 aliphatic carbocycles. The van der Waals surface area contributed by atoms with Gasteiger partial charge in [0, 0.05) is 12.6 Å². The van der Waals surface area contributed by atoms with E-state index in [1.54, 1.807) is 0 Å². The van der Waals surface area contributed by atoms with E-state index in [2.05, 4.69) is 43.0 Å². The summed E-state index contributed by atoms with van der Waals surface area (Å²) in [4.78, 5) is 2.57. The van der Waals surface area contributed by atoms with E-state index < -0.39 is 0 Å². The van der Waals surface area contributed by atoms with Crippen molar-refractivity contribution in [2.75, 3.05) is 19.6 Å². The van der Waals surface area contributed by atoms with Crippen molar-refractivity contribution >= 4 is 0 Å². The van der Waals surface area contributed by atoms with Crippen LogP contribution in [0.15, 0.2) is 24.3 Å². The number of benzene rings is 1. The number of hydrogen-bond donors (Lipinski definition) is 1. The zero-order valence-corrected chi connectivity index (χ0v) is 13.6. The van der Waals surface area contributed by atoms with Crippen molar-refractivity contribution in [2.24, 2.45) is 5.73 Å². The van der Waals surface area contributed by atoms with Crippen LogP contribution in [0.4, 0.5) is 0 Å². The molecule has 1 atom stereocenters. The van der Waals surface area contributed by atoms with Gasteiger partial charge in [-0.1, -0.05) is 31.4 Å². The lowest BCUT2D eigenvalue weighted by atomic mass is 10.0. The number of ether oxygens (including phenoxy) is 1. The van der Waals surface area contributed by atoms with Crippen molar-refractivity contribution in [3.8, 4) is 5.75 Å². The zero-order chi connectivity index (χ0) is 15.1. The number of nitrogens with two attached hydrogens (primary N) is 1. The van der Waals surface area contributed by atoms with Crippen LogP contribution in [0.1, 0.15) is 57.6 Å². The summed E-state index contributed by atoms with van der Waals surface area (Å²) in [7, 11) is 0. The molecule has 1 fully saturated rings. The molecule has 1 aliphatic rings. The Labute approximate surface area is 129 Å². The summed E-state index contributed by atoms with van der Waals surface area (Å²) in [6, 6.07) is 8.84. The summed E-state index contributed by atoms with van der Waals surface area (Å²) >= 11 is 0. The fraction of sp³-hybridized carbons (Fsp3) is 0.667. The first-order valence-corrected chi connectivity index (χ1v) is 8.41. The molecule has 1 aliphatic heterocycles. The smallest absolute Gasteiger partial charge is 0.119 e. The Kier molecular flexibility index (Phi) is 6.52. The molecular weight excluding hydrogens is 260 g/mol. The maximum Gasteiger partial charge on any atom is 0.119 e. The molecule has 1 unspecified atom stereocenters. The highest BCUT2D eigenvalue weighted by Gasteiger charge is 2.19. The first-order valence-electron chi connectivity index (χ1n) is 8.41. The number of rotatable bonds is 5. The quantitative estimate of drug-likeness (QED) is 0.898. The molecule has 2 rings (SSSR count). The molecule has 0 bridgehead atoms. The second-order valence-corrected chi connectivity index (χ2v) is 6.29. The van der Waals surface area contributed by atoms with Crippen molar-refractivity contribution in [1.82, 2.24) is 4.90 Å². The van der Waals surface area contributed by atoms with E-state index in [1.807, 2.05) is 0 Å². The molecule has 3 heteroatoms. The van der Waals surface area contributed by atoms with E-state index in [0.29, 0.717) is 12.6 Å². The van der Waals surface area contributed by atoms with Crippen molar-refractivity contribution < 1.29 is 4.74 Å². The average molecular weight is 290 g/mol. The highest BCUT2D eigenvalue weighted by Crippen LogP contribution is 2.25. The van der Waals surface area contributed by atoms with Crippen LogP contribution in [-0.4, -0.2) is 30.6 Å². The maximum atomic E-state index is 6.07. The minimum absolute atomic E-state index is 0.218. The fourth-order valence-electron chi connectivity index (χ4n) is 3.12. The highest BCUT2D eigenvalue weighted by molar-refractivity contribution is 5.29. The van der Waals surface area contributed by atoms with E-state index >= 15 is 0 Å². The third-order valence-corrected chi connectivity index (χ3v) is 4.19. The summed E-state index contributed by atoms with van der Waals surface area (Å²) in [6.07, 6.45) is 6.91. The summed E-state index contributed by atoms with van der Waals surface area (Å²) in [5.74, 6) is 0.942. The summed E-state index contributed by atoms with van der Waals surface area (Å²) < 4.78 is 5.72. The fourth-order valence-corrected chi connectivity index (χ4v) is 3.12. The predicted molar refractivity (Wildman–Crippen MR) is 88.7 cm³/mol. The molecular formula is C18H30N2O. The molecule has 0 saturated carbocycles. The van der Waals surface area contributed by atoms with Gasteiger partial charge in [0.05, 0.1) is 6.10 Å². The van der Waals surface area contributed by atoms with Crippen LogP contribution in [-0.2, 0) is 0 Å². The second kappa shape index (κ2) is 8.40. The number of likely N-dealkylation sites (tertiary alicyclic amines) is 1. The Bertz CT molecular complexity index is 394. The Balaban J connectivity index is 2.04. The van der Waals surface area contributed by atoms with Crippen LogP contribution in [0.3, 0.4) is 0 Å². The molecule has 0 spiro atoms. The summed E-state index contributed by atoms with van der Waals surface area (Å²) in [5.41, 5.74) is 7.39. The molecule has 1 saturated heterocycles. The van der Waals surface area contributed by atoms with Gasteiger partial charge in [-0.15, -0.1) is 0 Å². The highest BCUT2D eigenvalue weighted by atomic mass is 16.5. The standard InChI is InChI=1S/C18H30N2O/c1-15(2)21-17-10-8-16(9-11-17)18(14-19)20-12-6-4-3-5-7-13-20/h8-11,15,18H,3-7,12-14,19H2,1-2H3. The number of nitrogens with zero attached hydrogens (tertiary/aromatic N) is 1. The lowest BCUT2D eigenvalue weighted by Gasteiger charge is -2.32. The predicted octanol–water partition coefficient (Wildman–Crippen LogP) is 3.74. The molecule has 2 N–H and O–H groups in total. The Hall–Kier alpha value is -1.06. The van der Waals surface area contributed by atoms with Gasteiger partial charge in [0.15, 0.2) is 0 Å². The minimum Gasteiger partial charge on any atom is -0.491 e. The molecule has 0 amide bonds. The van der Waals surface area contributed by atoms with Crippen molar-refractivity contribution in [1.29, 1.82) is 0 Å². The van der Waals surface area contributed by atoms with Gasteiger partial charge in [0.25, 0.3) is 0 Å². The topological polar surface area (TPSA) is 38.5 Å². The van der Waals surface area contributed by atoms with Gasteiger partial charge >= 0.3 is 0 Å². The van der Waals surface area contributed by atoms with Crippen LogP contribution in [0, 0.1) is 0 Å². The molecule has 1 aromatic rings. The molecule has 0 aromatic heterocycles. The lowest BCUT2D eigenvalue weighted by Crippen LogP contribution is -2.36. The van der Waals surface area contributed by atoms with E-state index in [-0.39, 0.29) is 6.10 Å². The first kappa shape index (κ1) is 16.3. The largest absolute Gasteiger partial charge is 0.491 e. The number of hydrogen-bond acceptors (Lipinski definition) is 3. The third kappa shape index (κ3) is 5.01. The van der Waals surface area contributed by atoms with Gasteiger partial charge < -0.3 is 10.5 Å². The Morgan fingerprint density at radius 2 is 1.57 bits per heavy atom. The SMILES string of the molecule is CC(C)Oc1ccc(C(CN)N2CCCCCCC2)cc1. The third-order valence-electron chi connectivity index (χ3n) is 4.19. The van der Waals surface area contributed by atoms with Crippen molar-refractivity contribution in [3.05, 3.63) is 29.8 Å². The van der Waals surface area contributed by atoms with Gasteiger partial charge in [-0.2, -0.15) is 0 Å². The second-order valence-electron chi connectivity index (χ2n) is 6.29. The molecule has 3 nitrogen and oxygen atoms in total. The van der Waals surface area contributed by atoms with E-state index in [9.17, 15) is 0 Å². The van der Waals surface area contributed by atoms with E-state index in [4.69, 9.17) is 10.5 Å². The van der Waals surface area contributed by atoms with Gasteiger partial charge in [-0.25, -0.2) is 0 Å². The zero-order valence-electron chi connectivity index (χ0n) is 13.6. The first-order chi connectivity index (χ1) is 10.2. The monoisotopic (exact) mass is 290 g/mol. The van der Waals surface area contributed by atoms with Crippen LogP contribution in [0.2, 0.25) is 0 Å². The molecule has 21 heavy (non-hydrogen) atoms. The Morgan fingerprint density at radius 3 is 2.10 bits per heavy atom. The van der Waals surface area contributed by atoms with Crippen LogP contribution < -0.4 is 10.5 Å². The molecule has 0 radical (unpaired) electrons. The van der Waals surface area contributed by atoms with Crippen LogP contribution in [0.5, 0.6) is 5.75 Å². The molecule has 1 aromatic carbocycles.